The first-order chi connectivity index (χ1) is 15.2. The molecule has 1 heterocycles. The van der Waals surface area contributed by atoms with Crippen molar-refractivity contribution in [3.05, 3.63) is 101 Å². The van der Waals surface area contributed by atoms with Gasteiger partial charge in [0.25, 0.3) is 0 Å². The minimum Gasteiger partial charge on any atom is -0.445 e. The first-order valence-corrected chi connectivity index (χ1v) is 10.2. The standard InChI is InChI=1S/C25H24N2O4/c28-24(30-17-19-7-3-1-4-8-19)26-23-12-11-21-13-14-27(16-22(21)15-23)25(29)31-18-20-9-5-2-6-10-20/h1-12,15H,13-14,16-18H2,(H,26,28). The number of ether oxygens (including phenoxy) is 2. The van der Waals surface area contributed by atoms with Crippen LogP contribution < -0.4 is 5.32 Å². The van der Waals surface area contributed by atoms with Crippen LogP contribution in [0.25, 0.3) is 0 Å². The number of benzene rings is 3. The zero-order chi connectivity index (χ0) is 21.5. The van der Waals surface area contributed by atoms with Crippen molar-refractivity contribution < 1.29 is 19.1 Å². The van der Waals surface area contributed by atoms with Crippen LogP contribution in [0, 0.1) is 0 Å². The van der Waals surface area contributed by atoms with Gasteiger partial charge in [-0.25, -0.2) is 9.59 Å². The fourth-order valence-electron chi connectivity index (χ4n) is 3.48. The molecular weight excluding hydrogens is 392 g/mol. The molecule has 1 aliphatic rings. The van der Waals surface area contributed by atoms with E-state index in [9.17, 15) is 9.59 Å². The highest BCUT2D eigenvalue weighted by Crippen LogP contribution is 2.23. The molecule has 158 valence electrons. The second-order valence-corrected chi connectivity index (χ2v) is 7.38. The molecule has 0 aromatic heterocycles. The number of nitrogens with one attached hydrogen (secondary N) is 1. The van der Waals surface area contributed by atoms with E-state index in [1.54, 1.807) is 4.90 Å². The highest BCUT2D eigenvalue weighted by molar-refractivity contribution is 5.84. The second kappa shape index (κ2) is 9.80. The van der Waals surface area contributed by atoms with Gasteiger partial charge in [0.05, 0.1) is 0 Å². The zero-order valence-corrected chi connectivity index (χ0v) is 17.1. The van der Waals surface area contributed by atoms with Gasteiger partial charge in [-0.05, 0) is 40.8 Å². The maximum absolute atomic E-state index is 12.5. The molecule has 4 rings (SSSR count). The van der Waals surface area contributed by atoms with Gasteiger partial charge in [0, 0.05) is 18.8 Å². The number of rotatable bonds is 5. The van der Waals surface area contributed by atoms with Gasteiger partial charge < -0.3 is 14.4 Å². The van der Waals surface area contributed by atoms with Crippen LogP contribution >= 0.6 is 0 Å². The maximum atomic E-state index is 12.5. The third-order valence-corrected chi connectivity index (χ3v) is 5.14. The van der Waals surface area contributed by atoms with Crippen molar-refractivity contribution in [2.45, 2.75) is 26.2 Å². The van der Waals surface area contributed by atoms with Crippen LogP contribution in [0.15, 0.2) is 78.9 Å². The number of hydrogen-bond acceptors (Lipinski definition) is 4. The molecule has 0 spiro atoms. The summed E-state index contributed by atoms with van der Waals surface area (Å²) < 4.78 is 10.7. The Bertz CT molecular complexity index is 1040. The van der Waals surface area contributed by atoms with E-state index in [2.05, 4.69) is 5.32 Å². The van der Waals surface area contributed by atoms with Crippen molar-refractivity contribution in [2.75, 3.05) is 11.9 Å². The van der Waals surface area contributed by atoms with E-state index >= 15 is 0 Å². The minimum absolute atomic E-state index is 0.207. The topological polar surface area (TPSA) is 67.9 Å². The fourth-order valence-corrected chi connectivity index (χ4v) is 3.48. The molecule has 0 aliphatic carbocycles. The van der Waals surface area contributed by atoms with Gasteiger partial charge >= 0.3 is 12.2 Å². The molecule has 6 nitrogen and oxygen atoms in total. The Morgan fingerprint density at radius 1 is 0.806 bits per heavy atom. The molecule has 0 bridgehead atoms. The predicted octanol–water partition coefficient (Wildman–Crippen LogP) is 5.13. The summed E-state index contributed by atoms with van der Waals surface area (Å²) in [6.45, 7) is 1.50. The molecule has 6 heteroatoms. The van der Waals surface area contributed by atoms with Gasteiger partial charge in [-0.3, -0.25) is 5.32 Å². The van der Waals surface area contributed by atoms with Gasteiger partial charge in [-0.2, -0.15) is 0 Å². The monoisotopic (exact) mass is 416 g/mol. The summed E-state index contributed by atoms with van der Waals surface area (Å²) in [6, 6.07) is 24.8. The molecule has 2 amide bonds. The molecule has 3 aromatic carbocycles. The Labute approximate surface area is 181 Å². The summed E-state index contributed by atoms with van der Waals surface area (Å²) in [7, 11) is 0. The molecule has 3 aromatic rings. The van der Waals surface area contributed by atoms with E-state index in [1.807, 2.05) is 78.9 Å². The van der Waals surface area contributed by atoms with Crippen molar-refractivity contribution in [2.24, 2.45) is 0 Å². The normalized spacial score (nSPS) is 12.6. The third-order valence-electron chi connectivity index (χ3n) is 5.14. The lowest BCUT2D eigenvalue weighted by Crippen LogP contribution is -2.36. The Kier molecular flexibility index (Phi) is 6.47. The van der Waals surface area contributed by atoms with Crippen molar-refractivity contribution in [1.29, 1.82) is 0 Å². The smallest absolute Gasteiger partial charge is 0.411 e. The average molecular weight is 416 g/mol. The van der Waals surface area contributed by atoms with Crippen molar-refractivity contribution >= 4 is 17.9 Å². The first-order valence-electron chi connectivity index (χ1n) is 10.2. The number of amides is 2. The van der Waals surface area contributed by atoms with Gasteiger partial charge in [-0.15, -0.1) is 0 Å². The van der Waals surface area contributed by atoms with Gasteiger partial charge in [-0.1, -0.05) is 66.7 Å². The van der Waals surface area contributed by atoms with E-state index in [1.165, 1.54) is 0 Å². The highest BCUT2D eigenvalue weighted by atomic mass is 16.6. The van der Waals surface area contributed by atoms with E-state index < -0.39 is 6.09 Å². The maximum Gasteiger partial charge on any atom is 0.411 e. The molecule has 31 heavy (non-hydrogen) atoms. The summed E-state index contributed by atoms with van der Waals surface area (Å²) in [5.74, 6) is 0. The van der Waals surface area contributed by atoms with Gasteiger partial charge in [0.1, 0.15) is 13.2 Å². The second-order valence-electron chi connectivity index (χ2n) is 7.38. The lowest BCUT2D eigenvalue weighted by atomic mass is 9.99. The molecular formula is C25H24N2O4. The van der Waals surface area contributed by atoms with Crippen LogP contribution in [0.2, 0.25) is 0 Å². The summed E-state index contributed by atoms with van der Waals surface area (Å²) in [5, 5.41) is 2.76. The summed E-state index contributed by atoms with van der Waals surface area (Å²) in [5.41, 5.74) is 4.66. The number of hydrogen-bond donors (Lipinski definition) is 1. The summed E-state index contributed by atoms with van der Waals surface area (Å²) in [4.78, 5) is 26.3. The van der Waals surface area contributed by atoms with Crippen LogP contribution in [0.5, 0.6) is 0 Å². The lowest BCUT2D eigenvalue weighted by Gasteiger charge is -2.28. The SMILES string of the molecule is O=C(Nc1ccc2c(c1)CN(C(=O)OCc1ccccc1)CC2)OCc1ccccc1. The molecule has 0 radical (unpaired) electrons. The zero-order valence-electron chi connectivity index (χ0n) is 17.1. The summed E-state index contributed by atoms with van der Waals surface area (Å²) in [6.07, 6.45) is -0.108. The molecule has 0 atom stereocenters. The molecule has 0 saturated carbocycles. The minimum atomic E-state index is -0.515. The third kappa shape index (κ3) is 5.63. The number of anilines is 1. The van der Waals surface area contributed by atoms with Gasteiger partial charge in [0.15, 0.2) is 0 Å². The van der Waals surface area contributed by atoms with Crippen LogP contribution in [-0.4, -0.2) is 23.6 Å². The Morgan fingerprint density at radius 2 is 1.45 bits per heavy atom. The van der Waals surface area contributed by atoms with Crippen LogP contribution in [0.4, 0.5) is 15.3 Å². The van der Waals surface area contributed by atoms with Crippen LogP contribution in [-0.2, 0) is 35.7 Å². The van der Waals surface area contributed by atoms with Crippen LogP contribution in [0.1, 0.15) is 22.3 Å². The van der Waals surface area contributed by atoms with E-state index in [4.69, 9.17) is 9.47 Å². The highest BCUT2D eigenvalue weighted by Gasteiger charge is 2.22. The largest absolute Gasteiger partial charge is 0.445 e. The lowest BCUT2D eigenvalue weighted by molar-refractivity contribution is 0.0918. The predicted molar refractivity (Wildman–Crippen MR) is 117 cm³/mol. The van der Waals surface area contributed by atoms with Crippen molar-refractivity contribution in [1.82, 2.24) is 4.90 Å². The number of carbonyl (C=O) groups is 2. The number of fused-ring (bicyclic) bond motifs is 1. The summed E-state index contributed by atoms with van der Waals surface area (Å²) >= 11 is 0. The molecule has 0 saturated heterocycles. The van der Waals surface area contributed by atoms with Crippen LogP contribution in [0.3, 0.4) is 0 Å². The Morgan fingerprint density at radius 3 is 2.13 bits per heavy atom. The van der Waals surface area contributed by atoms with E-state index in [0.29, 0.717) is 18.8 Å². The number of carbonyl (C=O) groups excluding carboxylic acids is 2. The molecule has 0 unspecified atom stereocenters. The quantitative estimate of drug-likeness (QED) is 0.626. The van der Waals surface area contributed by atoms with E-state index in [0.717, 1.165) is 28.7 Å². The molecule has 0 fully saturated rings. The Hall–Kier alpha value is -3.80. The first kappa shape index (κ1) is 20.5. The Balaban J connectivity index is 1.31. The van der Waals surface area contributed by atoms with Crippen molar-refractivity contribution in [3.8, 4) is 0 Å². The molecule has 1 N–H and O–H groups in total. The number of nitrogens with zero attached hydrogens (tertiary/aromatic N) is 1. The van der Waals surface area contributed by atoms with Gasteiger partial charge in [0.2, 0.25) is 0 Å². The molecule has 1 aliphatic heterocycles. The van der Waals surface area contributed by atoms with Crippen molar-refractivity contribution in [3.63, 3.8) is 0 Å². The average Bonchev–Trinajstić information content (AvgIpc) is 2.82. The fraction of sp³-hybridized carbons (Fsp3) is 0.200. The van der Waals surface area contributed by atoms with E-state index in [-0.39, 0.29) is 19.3 Å².